The van der Waals surface area contributed by atoms with Crippen LogP contribution in [0.4, 0.5) is 0 Å². The molecule has 0 spiro atoms. The van der Waals surface area contributed by atoms with Gasteiger partial charge in [-0.2, -0.15) is 11.3 Å². The van der Waals surface area contributed by atoms with Gasteiger partial charge in [0.1, 0.15) is 0 Å². The van der Waals surface area contributed by atoms with Gasteiger partial charge in [0, 0.05) is 0 Å². The number of carbonyl (C=O) groups is 2. The van der Waals surface area contributed by atoms with E-state index in [1.165, 1.54) is 0 Å². The molecule has 7 heteroatoms. The first-order valence-electron chi connectivity index (χ1n) is 7.16. The highest BCUT2D eigenvalue weighted by molar-refractivity contribution is 7.09. The molecule has 0 saturated carbocycles. The monoisotopic (exact) mass is 330 g/mol. The molecular formula is C16H14N2O4S. The third-order valence-corrected chi connectivity index (χ3v) is 3.98. The van der Waals surface area contributed by atoms with Crippen molar-refractivity contribution in [3.05, 3.63) is 34.3 Å². The lowest BCUT2D eigenvalue weighted by molar-refractivity contribution is 0.0468. The van der Waals surface area contributed by atoms with E-state index < -0.39 is 11.9 Å². The van der Waals surface area contributed by atoms with Gasteiger partial charge in [-0.3, -0.25) is 0 Å². The summed E-state index contributed by atoms with van der Waals surface area (Å²) in [6.45, 7) is 3.74. The van der Waals surface area contributed by atoms with Gasteiger partial charge in [-0.1, -0.05) is 0 Å². The third kappa shape index (κ3) is 2.87. The quantitative estimate of drug-likeness (QED) is 0.684. The summed E-state index contributed by atoms with van der Waals surface area (Å²) in [5.41, 5.74) is 0.832. The van der Waals surface area contributed by atoms with Crippen molar-refractivity contribution in [2.75, 3.05) is 13.2 Å². The summed E-state index contributed by atoms with van der Waals surface area (Å²) in [7, 11) is 0. The Hall–Kier alpha value is -2.54. The van der Waals surface area contributed by atoms with Crippen LogP contribution in [0.3, 0.4) is 0 Å². The molecule has 0 saturated heterocycles. The number of carbonyl (C=O) groups excluding carboxylic acids is 2. The molecule has 3 aromatic rings. The second-order valence-corrected chi connectivity index (χ2v) is 5.45. The Labute approximate surface area is 136 Å². The molecule has 2 heterocycles. The summed E-state index contributed by atoms with van der Waals surface area (Å²) in [4.78, 5) is 32.8. The molecule has 0 aliphatic heterocycles. The molecule has 2 aromatic heterocycles. The Morgan fingerprint density at radius 3 is 1.74 bits per heavy atom. The SMILES string of the molecule is CCOC(=O)c1nc2cc3cscc3cc2nc1C(=O)OCC. The number of nitrogens with zero attached hydrogens (tertiary/aromatic N) is 2. The van der Waals surface area contributed by atoms with Gasteiger partial charge >= 0.3 is 11.9 Å². The highest BCUT2D eigenvalue weighted by atomic mass is 32.1. The lowest BCUT2D eigenvalue weighted by Crippen LogP contribution is -2.18. The van der Waals surface area contributed by atoms with Crippen molar-refractivity contribution in [3.8, 4) is 0 Å². The number of ether oxygens (including phenoxy) is 2. The van der Waals surface area contributed by atoms with Gasteiger partial charge in [0.05, 0.1) is 24.2 Å². The van der Waals surface area contributed by atoms with E-state index in [1.54, 1.807) is 25.2 Å². The van der Waals surface area contributed by atoms with E-state index in [9.17, 15) is 9.59 Å². The van der Waals surface area contributed by atoms with E-state index in [2.05, 4.69) is 9.97 Å². The van der Waals surface area contributed by atoms with Crippen molar-refractivity contribution in [2.45, 2.75) is 13.8 Å². The van der Waals surface area contributed by atoms with E-state index in [0.717, 1.165) is 10.8 Å². The topological polar surface area (TPSA) is 78.4 Å². The number of thiophene rings is 1. The van der Waals surface area contributed by atoms with Gasteiger partial charge < -0.3 is 9.47 Å². The number of hydrogen-bond donors (Lipinski definition) is 0. The summed E-state index contributed by atoms with van der Waals surface area (Å²) in [6, 6.07) is 3.68. The van der Waals surface area contributed by atoms with Crippen LogP contribution < -0.4 is 0 Å². The fourth-order valence-corrected chi connectivity index (χ4v) is 2.97. The number of aromatic nitrogens is 2. The van der Waals surface area contributed by atoms with Crippen molar-refractivity contribution in [3.63, 3.8) is 0 Å². The molecule has 23 heavy (non-hydrogen) atoms. The number of fused-ring (bicyclic) bond motifs is 2. The van der Waals surface area contributed by atoms with Crippen molar-refractivity contribution < 1.29 is 19.1 Å². The Bertz CT molecular complexity index is 832. The van der Waals surface area contributed by atoms with E-state index in [4.69, 9.17) is 9.47 Å². The molecule has 0 bridgehead atoms. The van der Waals surface area contributed by atoms with Gasteiger partial charge in [0.15, 0.2) is 11.4 Å². The van der Waals surface area contributed by atoms with Crippen LogP contribution in [-0.2, 0) is 9.47 Å². The molecule has 0 unspecified atom stereocenters. The largest absolute Gasteiger partial charge is 0.461 e. The summed E-state index contributed by atoms with van der Waals surface area (Å²) >= 11 is 1.56. The second kappa shape index (κ2) is 6.29. The van der Waals surface area contributed by atoms with Gasteiger partial charge in [-0.25, -0.2) is 19.6 Å². The predicted octanol–water partition coefficient (Wildman–Crippen LogP) is 3.20. The number of hydrogen-bond acceptors (Lipinski definition) is 7. The first-order chi connectivity index (χ1) is 11.1. The zero-order valence-corrected chi connectivity index (χ0v) is 13.5. The number of rotatable bonds is 4. The lowest BCUT2D eigenvalue weighted by Gasteiger charge is -2.08. The molecule has 0 aliphatic rings. The van der Waals surface area contributed by atoms with Crippen molar-refractivity contribution in [1.29, 1.82) is 0 Å². The average Bonchev–Trinajstić information content (AvgIpc) is 2.99. The molecule has 0 fully saturated rings. The summed E-state index contributed by atoms with van der Waals surface area (Å²) in [5.74, 6) is -1.37. The third-order valence-electron chi connectivity index (χ3n) is 3.20. The molecule has 0 radical (unpaired) electrons. The summed E-state index contributed by atoms with van der Waals surface area (Å²) in [6.07, 6.45) is 0. The smallest absolute Gasteiger partial charge is 0.359 e. The molecule has 0 amide bonds. The molecule has 0 N–H and O–H groups in total. The van der Waals surface area contributed by atoms with Crippen LogP contribution in [0.25, 0.3) is 21.8 Å². The van der Waals surface area contributed by atoms with Crippen LogP contribution in [0.1, 0.15) is 34.8 Å². The van der Waals surface area contributed by atoms with Crippen molar-refractivity contribution >= 4 is 45.1 Å². The fraction of sp³-hybridized carbons (Fsp3) is 0.250. The van der Waals surface area contributed by atoms with Crippen LogP contribution in [-0.4, -0.2) is 35.1 Å². The minimum Gasteiger partial charge on any atom is -0.461 e. The maximum absolute atomic E-state index is 12.1. The van der Waals surface area contributed by atoms with Gasteiger partial charge in [0.25, 0.3) is 0 Å². The first-order valence-corrected chi connectivity index (χ1v) is 8.10. The Morgan fingerprint density at radius 2 is 1.35 bits per heavy atom. The summed E-state index contributed by atoms with van der Waals surface area (Å²) in [5, 5.41) is 5.99. The van der Waals surface area contributed by atoms with Crippen LogP contribution >= 0.6 is 11.3 Å². The van der Waals surface area contributed by atoms with Crippen LogP contribution in [0.5, 0.6) is 0 Å². The van der Waals surface area contributed by atoms with Gasteiger partial charge in [-0.15, -0.1) is 0 Å². The van der Waals surface area contributed by atoms with Gasteiger partial charge in [-0.05, 0) is 47.5 Å². The van der Waals surface area contributed by atoms with E-state index in [1.807, 2.05) is 22.9 Å². The Kier molecular flexibility index (Phi) is 4.20. The molecule has 3 rings (SSSR count). The van der Waals surface area contributed by atoms with Crippen LogP contribution in [0.15, 0.2) is 22.9 Å². The predicted molar refractivity (Wildman–Crippen MR) is 86.8 cm³/mol. The average molecular weight is 330 g/mol. The molecule has 1 aromatic carbocycles. The molecular weight excluding hydrogens is 316 g/mol. The molecule has 0 atom stereocenters. The Balaban J connectivity index is 2.22. The first kappa shape index (κ1) is 15.4. The highest BCUT2D eigenvalue weighted by Crippen LogP contribution is 2.25. The molecule has 0 aliphatic carbocycles. The van der Waals surface area contributed by atoms with Crippen LogP contribution in [0, 0.1) is 0 Å². The molecule has 118 valence electrons. The maximum Gasteiger partial charge on any atom is 0.359 e. The maximum atomic E-state index is 12.1. The normalized spacial score (nSPS) is 10.9. The minimum atomic E-state index is -0.685. The lowest BCUT2D eigenvalue weighted by atomic mass is 10.2. The van der Waals surface area contributed by atoms with Crippen molar-refractivity contribution in [2.24, 2.45) is 0 Å². The minimum absolute atomic E-state index is 0.118. The summed E-state index contributed by atoms with van der Waals surface area (Å²) < 4.78 is 9.94. The van der Waals surface area contributed by atoms with E-state index >= 15 is 0 Å². The van der Waals surface area contributed by atoms with E-state index in [-0.39, 0.29) is 24.6 Å². The van der Waals surface area contributed by atoms with E-state index in [0.29, 0.717) is 11.0 Å². The highest BCUT2D eigenvalue weighted by Gasteiger charge is 2.24. The number of benzene rings is 1. The standard InChI is InChI=1S/C16H14N2O4S/c1-3-21-15(19)13-14(16(20)22-4-2)18-12-6-10-8-23-7-9(10)5-11(12)17-13/h5-8H,3-4H2,1-2H3. The zero-order valence-electron chi connectivity index (χ0n) is 12.7. The van der Waals surface area contributed by atoms with Gasteiger partial charge in [0.2, 0.25) is 0 Å². The second-order valence-electron chi connectivity index (χ2n) is 4.70. The van der Waals surface area contributed by atoms with Crippen LogP contribution in [0.2, 0.25) is 0 Å². The number of esters is 2. The Morgan fingerprint density at radius 1 is 0.913 bits per heavy atom. The zero-order chi connectivity index (χ0) is 16.4. The molecule has 6 nitrogen and oxygen atoms in total. The fourth-order valence-electron chi connectivity index (χ4n) is 2.20. The van der Waals surface area contributed by atoms with Crippen molar-refractivity contribution in [1.82, 2.24) is 9.97 Å².